The van der Waals surface area contributed by atoms with Gasteiger partial charge in [0.25, 0.3) is 0 Å². The summed E-state index contributed by atoms with van der Waals surface area (Å²) in [5.41, 5.74) is 4.17. The van der Waals surface area contributed by atoms with Crippen molar-refractivity contribution in [3.63, 3.8) is 0 Å². The molecule has 0 unspecified atom stereocenters. The van der Waals surface area contributed by atoms with E-state index in [0.29, 0.717) is 11.4 Å². The summed E-state index contributed by atoms with van der Waals surface area (Å²) in [6, 6.07) is 17.9. The molecule has 0 aliphatic carbocycles. The predicted molar refractivity (Wildman–Crippen MR) is 116 cm³/mol. The van der Waals surface area contributed by atoms with Crippen LogP contribution in [0.3, 0.4) is 0 Å². The average molecular weight is 409 g/mol. The Morgan fingerprint density at radius 2 is 1.86 bits per heavy atom. The SMILES string of the molecule is CN(CCN1CCCC1=O)Cc1cn(-c2ccccc2)nc1-c1ccc(Cl)cc1. The highest BCUT2D eigenvalue weighted by Crippen LogP contribution is 2.26. The van der Waals surface area contributed by atoms with Crippen molar-refractivity contribution in [2.75, 3.05) is 26.7 Å². The zero-order valence-electron chi connectivity index (χ0n) is 16.6. The van der Waals surface area contributed by atoms with Crippen LogP contribution in [0.15, 0.2) is 60.8 Å². The van der Waals surface area contributed by atoms with Crippen molar-refractivity contribution >= 4 is 17.5 Å². The number of nitrogens with zero attached hydrogens (tertiary/aromatic N) is 4. The number of carbonyl (C=O) groups is 1. The minimum atomic E-state index is 0.275. The van der Waals surface area contributed by atoms with Gasteiger partial charge in [-0.05, 0) is 37.7 Å². The molecule has 0 N–H and O–H groups in total. The fraction of sp³-hybridized carbons (Fsp3) is 0.304. The van der Waals surface area contributed by atoms with E-state index >= 15 is 0 Å². The summed E-state index contributed by atoms with van der Waals surface area (Å²) >= 11 is 6.07. The number of rotatable bonds is 7. The summed E-state index contributed by atoms with van der Waals surface area (Å²) in [6.07, 6.45) is 3.76. The summed E-state index contributed by atoms with van der Waals surface area (Å²) in [5, 5.41) is 5.58. The zero-order chi connectivity index (χ0) is 20.2. The second-order valence-corrected chi connectivity index (χ2v) is 7.95. The lowest BCUT2D eigenvalue weighted by atomic mass is 10.1. The van der Waals surface area contributed by atoms with Crippen molar-refractivity contribution < 1.29 is 4.79 Å². The summed E-state index contributed by atoms with van der Waals surface area (Å²) in [7, 11) is 2.09. The molecule has 2 aromatic carbocycles. The van der Waals surface area contributed by atoms with Gasteiger partial charge in [-0.15, -0.1) is 0 Å². The molecular weight excluding hydrogens is 384 g/mol. The number of para-hydroxylation sites is 1. The Bertz CT molecular complexity index is 968. The quantitative estimate of drug-likeness (QED) is 0.587. The molecule has 0 radical (unpaired) electrons. The standard InChI is InChI=1S/C23H25ClN4O/c1-26(14-15-27-13-5-8-22(27)29)16-19-17-28(21-6-3-2-4-7-21)25-23(19)18-9-11-20(24)12-10-18/h2-4,6-7,9-12,17H,5,8,13-16H2,1H3. The van der Waals surface area contributed by atoms with Crippen LogP contribution in [0.2, 0.25) is 5.02 Å². The minimum absolute atomic E-state index is 0.275. The Balaban J connectivity index is 1.56. The zero-order valence-corrected chi connectivity index (χ0v) is 17.3. The number of benzene rings is 2. The lowest BCUT2D eigenvalue weighted by molar-refractivity contribution is -0.127. The van der Waals surface area contributed by atoms with E-state index in [2.05, 4.69) is 18.1 Å². The summed E-state index contributed by atoms with van der Waals surface area (Å²) < 4.78 is 1.93. The summed E-state index contributed by atoms with van der Waals surface area (Å²) in [6.45, 7) is 3.25. The number of likely N-dealkylation sites (N-methyl/N-ethyl adjacent to an activating group) is 1. The Morgan fingerprint density at radius 3 is 2.55 bits per heavy atom. The van der Waals surface area contributed by atoms with E-state index in [-0.39, 0.29) is 5.91 Å². The molecule has 5 nitrogen and oxygen atoms in total. The van der Waals surface area contributed by atoms with E-state index in [1.807, 2.05) is 64.2 Å². The van der Waals surface area contributed by atoms with Crippen LogP contribution in [0.4, 0.5) is 0 Å². The molecule has 3 aromatic rings. The summed E-state index contributed by atoms with van der Waals surface area (Å²) in [5.74, 6) is 0.275. The second-order valence-electron chi connectivity index (χ2n) is 7.51. The first kappa shape index (κ1) is 19.7. The van der Waals surface area contributed by atoms with Crippen molar-refractivity contribution in [2.45, 2.75) is 19.4 Å². The van der Waals surface area contributed by atoms with Crippen molar-refractivity contribution in [1.29, 1.82) is 0 Å². The van der Waals surface area contributed by atoms with Crippen LogP contribution < -0.4 is 0 Å². The average Bonchev–Trinajstić information content (AvgIpc) is 3.34. The Kier molecular flexibility index (Phi) is 5.97. The van der Waals surface area contributed by atoms with Crippen molar-refractivity contribution in [3.05, 3.63) is 71.4 Å². The molecule has 1 amide bonds. The second kappa shape index (κ2) is 8.80. The van der Waals surface area contributed by atoms with Gasteiger partial charge in [0.1, 0.15) is 0 Å². The molecule has 150 valence electrons. The lowest BCUT2D eigenvalue weighted by Gasteiger charge is -2.21. The first-order chi connectivity index (χ1) is 14.1. The fourth-order valence-electron chi connectivity index (χ4n) is 3.69. The Labute approximate surface area is 176 Å². The highest BCUT2D eigenvalue weighted by atomic mass is 35.5. The van der Waals surface area contributed by atoms with Gasteiger partial charge >= 0.3 is 0 Å². The third kappa shape index (κ3) is 4.69. The molecule has 2 heterocycles. The first-order valence-electron chi connectivity index (χ1n) is 9.96. The molecule has 1 fully saturated rings. The van der Waals surface area contributed by atoms with E-state index in [0.717, 1.165) is 55.1 Å². The van der Waals surface area contributed by atoms with Crippen LogP contribution in [0.1, 0.15) is 18.4 Å². The van der Waals surface area contributed by atoms with E-state index in [4.69, 9.17) is 16.7 Å². The number of aromatic nitrogens is 2. The molecule has 1 aromatic heterocycles. The maximum atomic E-state index is 11.9. The molecule has 4 rings (SSSR count). The van der Waals surface area contributed by atoms with Crippen LogP contribution in [-0.2, 0) is 11.3 Å². The molecule has 1 aliphatic rings. The van der Waals surface area contributed by atoms with Crippen LogP contribution in [0.25, 0.3) is 16.9 Å². The van der Waals surface area contributed by atoms with Gasteiger partial charge in [-0.25, -0.2) is 4.68 Å². The third-order valence-corrected chi connectivity index (χ3v) is 5.54. The smallest absolute Gasteiger partial charge is 0.222 e. The fourth-order valence-corrected chi connectivity index (χ4v) is 3.82. The van der Waals surface area contributed by atoms with Gasteiger partial charge in [0.15, 0.2) is 0 Å². The monoisotopic (exact) mass is 408 g/mol. The number of hydrogen-bond donors (Lipinski definition) is 0. The molecule has 0 saturated carbocycles. The van der Waals surface area contributed by atoms with E-state index in [1.165, 1.54) is 0 Å². The number of likely N-dealkylation sites (tertiary alicyclic amines) is 1. The Hall–Kier alpha value is -2.63. The van der Waals surface area contributed by atoms with E-state index in [9.17, 15) is 4.79 Å². The molecule has 1 aliphatic heterocycles. The van der Waals surface area contributed by atoms with Crippen molar-refractivity contribution in [3.8, 4) is 16.9 Å². The van der Waals surface area contributed by atoms with Crippen molar-refractivity contribution in [1.82, 2.24) is 19.6 Å². The minimum Gasteiger partial charge on any atom is -0.341 e. The number of amides is 1. The Morgan fingerprint density at radius 1 is 1.10 bits per heavy atom. The van der Waals surface area contributed by atoms with E-state index < -0.39 is 0 Å². The topological polar surface area (TPSA) is 41.4 Å². The molecule has 0 bridgehead atoms. The van der Waals surface area contributed by atoms with Crippen LogP contribution in [0.5, 0.6) is 0 Å². The number of halogens is 1. The molecule has 6 heteroatoms. The van der Waals surface area contributed by atoms with Gasteiger partial charge in [0, 0.05) is 54.9 Å². The molecular formula is C23H25ClN4O. The molecule has 1 saturated heterocycles. The summed E-state index contributed by atoms with van der Waals surface area (Å²) in [4.78, 5) is 16.1. The highest BCUT2D eigenvalue weighted by Gasteiger charge is 2.20. The van der Waals surface area contributed by atoms with Gasteiger partial charge in [0.05, 0.1) is 11.4 Å². The number of hydrogen-bond acceptors (Lipinski definition) is 3. The molecule has 0 atom stereocenters. The normalized spacial score (nSPS) is 14.2. The maximum absolute atomic E-state index is 11.9. The lowest BCUT2D eigenvalue weighted by Crippen LogP contribution is -2.33. The van der Waals surface area contributed by atoms with Crippen LogP contribution in [-0.4, -0.2) is 52.2 Å². The molecule has 29 heavy (non-hydrogen) atoms. The molecule has 0 spiro atoms. The van der Waals surface area contributed by atoms with Crippen LogP contribution in [0, 0.1) is 0 Å². The highest BCUT2D eigenvalue weighted by molar-refractivity contribution is 6.30. The largest absolute Gasteiger partial charge is 0.341 e. The van der Waals surface area contributed by atoms with Gasteiger partial charge in [-0.3, -0.25) is 4.79 Å². The number of carbonyl (C=O) groups excluding carboxylic acids is 1. The van der Waals surface area contributed by atoms with Crippen LogP contribution >= 0.6 is 11.6 Å². The van der Waals surface area contributed by atoms with Gasteiger partial charge < -0.3 is 9.80 Å². The maximum Gasteiger partial charge on any atom is 0.222 e. The van der Waals surface area contributed by atoms with E-state index in [1.54, 1.807) is 0 Å². The van der Waals surface area contributed by atoms with Gasteiger partial charge in [0.2, 0.25) is 5.91 Å². The third-order valence-electron chi connectivity index (χ3n) is 5.29. The first-order valence-corrected chi connectivity index (χ1v) is 10.3. The van der Waals surface area contributed by atoms with Crippen molar-refractivity contribution in [2.24, 2.45) is 0 Å². The predicted octanol–water partition coefficient (Wildman–Crippen LogP) is 4.25. The van der Waals surface area contributed by atoms with Gasteiger partial charge in [-0.1, -0.05) is 41.9 Å². The van der Waals surface area contributed by atoms with Gasteiger partial charge in [-0.2, -0.15) is 5.10 Å².